The van der Waals surface area contributed by atoms with Gasteiger partial charge in [0.05, 0.1) is 19.6 Å². The monoisotopic (exact) mass is 384 g/mol. The van der Waals surface area contributed by atoms with Gasteiger partial charge in [0.1, 0.15) is 25.0 Å². The Hall–Kier alpha value is -1.06. The summed E-state index contributed by atoms with van der Waals surface area (Å²) < 4.78 is 7.05. The summed E-state index contributed by atoms with van der Waals surface area (Å²) in [5, 5.41) is 10.5. The van der Waals surface area contributed by atoms with E-state index in [1.54, 1.807) is 5.56 Å². The highest BCUT2D eigenvalue weighted by Crippen LogP contribution is 2.60. The molecule has 5 fully saturated rings. The Morgan fingerprint density at radius 2 is 1.57 bits per heavy atom. The van der Waals surface area contributed by atoms with E-state index in [9.17, 15) is 5.11 Å². The fourth-order valence-electron chi connectivity index (χ4n) is 7.70. The van der Waals surface area contributed by atoms with E-state index in [1.165, 1.54) is 64.5 Å². The number of hydrogen-bond donors (Lipinski definition) is 1. The number of likely N-dealkylation sites (tertiary alicyclic amines) is 1. The molecule has 0 spiro atoms. The smallest absolute Gasteiger partial charge is 0.137 e. The van der Waals surface area contributed by atoms with E-state index in [1.807, 2.05) is 0 Å². The molecular weight excluding hydrogens is 346 g/mol. The van der Waals surface area contributed by atoms with Gasteiger partial charge in [-0.1, -0.05) is 12.1 Å². The predicted octanol–water partition coefficient (Wildman–Crippen LogP) is 4.52. The van der Waals surface area contributed by atoms with Crippen molar-refractivity contribution in [3.05, 3.63) is 29.8 Å². The third kappa shape index (κ3) is 3.50. The molecule has 4 aliphatic carbocycles. The Morgan fingerprint density at radius 3 is 2.11 bits per heavy atom. The summed E-state index contributed by atoms with van der Waals surface area (Å²) >= 11 is 0. The lowest BCUT2D eigenvalue weighted by Crippen LogP contribution is -2.50. The van der Waals surface area contributed by atoms with Crippen molar-refractivity contribution in [2.45, 2.75) is 69.8 Å². The fraction of sp³-hybridized carbons (Fsp3) is 0.760. The van der Waals surface area contributed by atoms with E-state index in [2.05, 4.69) is 31.2 Å². The highest BCUT2D eigenvalue weighted by atomic mass is 16.5. The van der Waals surface area contributed by atoms with Gasteiger partial charge >= 0.3 is 0 Å². The molecule has 28 heavy (non-hydrogen) atoms. The molecule has 1 aromatic carbocycles. The number of quaternary nitrogens is 1. The van der Waals surface area contributed by atoms with Gasteiger partial charge in [-0.05, 0) is 86.3 Å². The quantitative estimate of drug-likeness (QED) is 0.700. The molecule has 1 atom stereocenters. The number of hydrogen-bond acceptors (Lipinski definition) is 2. The van der Waals surface area contributed by atoms with Gasteiger partial charge < -0.3 is 14.3 Å². The fourth-order valence-corrected chi connectivity index (χ4v) is 7.70. The Bertz CT molecular complexity index is 641. The maximum absolute atomic E-state index is 10.5. The van der Waals surface area contributed by atoms with Gasteiger partial charge in [0.25, 0.3) is 0 Å². The first-order valence-electron chi connectivity index (χ1n) is 11.8. The third-order valence-electron chi connectivity index (χ3n) is 8.73. The highest BCUT2D eigenvalue weighted by Gasteiger charge is 2.51. The molecule has 4 saturated carbocycles. The molecule has 0 aromatic heterocycles. The van der Waals surface area contributed by atoms with Crippen molar-refractivity contribution in [2.75, 3.05) is 32.8 Å². The molecule has 0 amide bonds. The summed E-state index contributed by atoms with van der Waals surface area (Å²) in [4.78, 5) is 0. The lowest BCUT2D eigenvalue weighted by atomic mass is 9.48. The Morgan fingerprint density at radius 1 is 1.00 bits per heavy atom. The van der Waals surface area contributed by atoms with Crippen LogP contribution >= 0.6 is 0 Å². The summed E-state index contributed by atoms with van der Waals surface area (Å²) in [7, 11) is 0. The van der Waals surface area contributed by atoms with E-state index < -0.39 is 0 Å². The van der Waals surface area contributed by atoms with Crippen LogP contribution in [0.2, 0.25) is 0 Å². The molecule has 1 aromatic rings. The van der Waals surface area contributed by atoms with Crippen molar-refractivity contribution in [1.29, 1.82) is 0 Å². The normalized spacial score (nSPS) is 36.6. The van der Waals surface area contributed by atoms with E-state index in [-0.39, 0.29) is 6.10 Å². The molecule has 3 nitrogen and oxygen atoms in total. The van der Waals surface area contributed by atoms with Gasteiger partial charge in [-0.2, -0.15) is 0 Å². The lowest BCUT2D eigenvalue weighted by Gasteiger charge is -2.57. The van der Waals surface area contributed by atoms with Gasteiger partial charge in [-0.15, -0.1) is 0 Å². The van der Waals surface area contributed by atoms with Crippen molar-refractivity contribution in [1.82, 2.24) is 0 Å². The zero-order valence-electron chi connectivity index (χ0n) is 17.6. The van der Waals surface area contributed by atoms with Crippen LogP contribution in [0, 0.1) is 17.8 Å². The molecule has 0 unspecified atom stereocenters. The van der Waals surface area contributed by atoms with E-state index in [4.69, 9.17) is 4.74 Å². The number of benzene rings is 1. The number of aliphatic hydroxyl groups is 1. The minimum Gasteiger partial charge on any atom is -0.491 e. The Balaban J connectivity index is 1.19. The molecule has 1 aliphatic heterocycles. The standard InChI is InChI=1S/C25H38NO2/c1-2-26(9-3-4-10-26)17-23(27)18-28-24-7-5-22(6-8-24)25-14-19-11-20(15-25)13-21(12-19)16-25/h5-8,19-21,23,27H,2-4,9-18H2,1H3/q+1/t19?,20?,21?,23-,25?/m0/s1. The molecule has 1 heterocycles. The number of rotatable bonds is 7. The second kappa shape index (κ2) is 7.32. The largest absolute Gasteiger partial charge is 0.491 e. The second-order valence-electron chi connectivity index (χ2n) is 10.7. The molecule has 0 radical (unpaired) electrons. The zero-order valence-corrected chi connectivity index (χ0v) is 17.6. The highest BCUT2D eigenvalue weighted by molar-refractivity contribution is 5.34. The number of aliphatic hydroxyl groups excluding tert-OH is 1. The summed E-state index contributed by atoms with van der Waals surface area (Å²) in [6.07, 6.45) is 10.9. The number of ether oxygens (including phenoxy) is 1. The molecule has 6 rings (SSSR count). The van der Waals surface area contributed by atoms with Crippen LogP contribution in [0.5, 0.6) is 5.75 Å². The summed E-state index contributed by atoms with van der Waals surface area (Å²) in [6.45, 7) is 7.05. The lowest BCUT2D eigenvalue weighted by molar-refractivity contribution is -0.917. The molecule has 4 bridgehead atoms. The molecule has 5 aliphatic rings. The molecule has 3 heteroatoms. The average Bonchev–Trinajstić information content (AvgIpc) is 3.15. The van der Waals surface area contributed by atoms with Crippen LogP contribution in [-0.4, -0.2) is 48.5 Å². The van der Waals surface area contributed by atoms with Crippen LogP contribution in [0.15, 0.2) is 24.3 Å². The van der Waals surface area contributed by atoms with Crippen molar-refractivity contribution < 1.29 is 14.3 Å². The third-order valence-corrected chi connectivity index (χ3v) is 8.73. The minimum atomic E-state index is -0.374. The van der Waals surface area contributed by atoms with Crippen molar-refractivity contribution >= 4 is 0 Å². The molecular formula is C25H38NO2+. The topological polar surface area (TPSA) is 29.5 Å². The van der Waals surface area contributed by atoms with Crippen LogP contribution < -0.4 is 4.74 Å². The first-order valence-corrected chi connectivity index (χ1v) is 11.8. The first-order chi connectivity index (χ1) is 13.6. The Kier molecular flexibility index (Phi) is 4.95. The van der Waals surface area contributed by atoms with E-state index >= 15 is 0 Å². The first kappa shape index (κ1) is 18.9. The van der Waals surface area contributed by atoms with Crippen LogP contribution in [0.4, 0.5) is 0 Å². The van der Waals surface area contributed by atoms with Gasteiger partial charge in [-0.25, -0.2) is 0 Å². The Labute approximate surface area is 170 Å². The number of nitrogens with zero attached hydrogens (tertiary/aromatic N) is 1. The van der Waals surface area contributed by atoms with Crippen molar-refractivity contribution in [3.8, 4) is 5.75 Å². The summed E-state index contributed by atoms with van der Waals surface area (Å²) in [5.41, 5.74) is 2.01. The second-order valence-corrected chi connectivity index (χ2v) is 10.7. The average molecular weight is 385 g/mol. The zero-order chi connectivity index (χ0) is 19.2. The maximum Gasteiger partial charge on any atom is 0.137 e. The van der Waals surface area contributed by atoms with Gasteiger partial charge in [0.15, 0.2) is 0 Å². The van der Waals surface area contributed by atoms with Crippen molar-refractivity contribution in [2.24, 2.45) is 17.8 Å². The molecule has 1 N–H and O–H groups in total. The van der Waals surface area contributed by atoms with E-state index in [0.717, 1.165) is 41.1 Å². The number of likely N-dealkylation sites (N-methyl/N-ethyl adjacent to an activating group) is 1. The maximum atomic E-state index is 10.5. The van der Waals surface area contributed by atoms with Crippen LogP contribution in [-0.2, 0) is 5.41 Å². The SMILES string of the molecule is CC[N+]1(C[C@H](O)COc2ccc(C34CC5CC(CC(C5)C3)C4)cc2)CCCC1. The van der Waals surface area contributed by atoms with E-state index in [0.29, 0.717) is 12.0 Å². The molecule has 1 saturated heterocycles. The van der Waals surface area contributed by atoms with Gasteiger partial charge in [-0.3, -0.25) is 0 Å². The van der Waals surface area contributed by atoms with Crippen molar-refractivity contribution in [3.63, 3.8) is 0 Å². The van der Waals surface area contributed by atoms with Crippen LogP contribution in [0.1, 0.15) is 63.9 Å². The van der Waals surface area contributed by atoms with Crippen LogP contribution in [0.25, 0.3) is 0 Å². The van der Waals surface area contributed by atoms with Gasteiger partial charge in [0.2, 0.25) is 0 Å². The predicted molar refractivity (Wildman–Crippen MR) is 112 cm³/mol. The van der Waals surface area contributed by atoms with Crippen LogP contribution in [0.3, 0.4) is 0 Å². The summed E-state index contributed by atoms with van der Waals surface area (Å²) in [6, 6.07) is 8.96. The van der Waals surface area contributed by atoms with Gasteiger partial charge in [0, 0.05) is 12.8 Å². The molecule has 154 valence electrons. The summed E-state index contributed by atoms with van der Waals surface area (Å²) in [5.74, 6) is 3.86. The minimum absolute atomic E-state index is 0.374.